The molecule has 2 atom stereocenters. The Kier molecular flexibility index (Phi) is 3.21. The van der Waals surface area contributed by atoms with Crippen molar-refractivity contribution >= 4 is 0 Å². The molecular formula is C12H15FO2. The van der Waals surface area contributed by atoms with E-state index >= 15 is 0 Å². The Labute approximate surface area is 88.7 Å². The molecule has 0 aromatic heterocycles. The van der Waals surface area contributed by atoms with E-state index in [4.69, 9.17) is 4.74 Å². The van der Waals surface area contributed by atoms with E-state index in [-0.39, 0.29) is 18.0 Å². The molecule has 0 aliphatic heterocycles. The lowest BCUT2D eigenvalue weighted by Gasteiger charge is -2.26. The second-order valence-corrected chi connectivity index (χ2v) is 4.01. The zero-order valence-corrected chi connectivity index (χ0v) is 8.53. The number of benzene rings is 1. The molecule has 0 spiro atoms. The van der Waals surface area contributed by atoms with Crippen molar-refractivity contribution < 1.29 is 14.2 Å². The van der Waals surface area contributed by atoms with Gasteiger partial charge in [-0.25, -0.2) is 4.39 Å². The van der Waals surface area contributed by atoms with Crippen molar-refractivity contribution in [3.05, 3.63) is 30.1 Å². The van der Waals surface area contributed by atoms with E-state index in [0.29, 0.717) is 12.2 Å². The smallest absolute Gasteiger partial charge is 0.123 e. The molecule has 2 rings (SSSR count). The summed E-state index contributed by atoms with van der Waals surface area (Å²) in [6, 6.07) is 6.01. The van der Waals surface area contributed by atoms with Crippen molar-refractivity contribution in [2.45, 2.75) is 37.9 Å². The fraction of sp³-hybridized carbons (Fsp3) is 0.500. The topological polar surface area (TPSA) is 29.5 Å². The molecule has 82 valence electrons. The van der Waals surface area contributed by atoms with Crippen LogP contribution in [0.15, 0.2) is 24.3 Å². The molecule has 1 N–H and O–H groups in total. The maximum Gasteiger partial charge on any atom is 0.123 e. The van der Waals surface area contributed by atoms with E-state index in [1.165, 1.54) is 12.1 Å². The number of aliphatic hydroxyl groups is 1. The summed E-state index contributed by atoms with van der Waals surface area (Å²) in [6.45, 7) is 0. The van der Waals surface area contributed by atoms with E-state index in [9.17, 15) is 9.50 Å². The Balaban J connectivity index is 1.93. The summed E-state index contributed by atoms with van der Waals surface area (Å²) in [7, 11) is 0. The van der Waals surface area contributed by atoms with Crippen molar-refractivity contribution in [1.29, 1.82) is 0 Å². The zero-order valence-electron chi connectivity index (χ0n) is 8.53. The van der Waals surface area contributed by atoms with Gasteiger partial charge in [-0.05, 0) is 43.5 Å². The zero-order chi connectivity index (χ0) is 10.7. The first-order chi connectivity index (χ1) is 7.24. The minimum atomic E-state index is -0.258. The highest BCUT2D eigenvalue weighted by Gasteiger charge is 2.21. The second kappa shape index (κ2) is 4.62. The molecule has 1 aromatic carbocycles. The lowest BCUT2D eigenvalue weighted by atomic mass is 9.95. The van der Waals surface area contributed by atoms with Gasteiger partial charge in [0.05, 0.1) is 6.10 Å². The van der Waals surface area contributed by atoms with Crippen LogP contribution >= 0.6 is 0 Å². The van der Waals surface area contributed by atoms with Gasteiger partial charge in [0.25, 0.3) is 0 Å². The lowest BCUT2D eigenvalue weighted by molar-refractivity contribution is 0.0536. The second-order valence-electron chi connectivity index (χ2n) is 4.01. The summed E-state index contributed by atoms with van der Waals surface area (Å²) in [5.74, 6) is 0.418. The molecule has 3 heteroatoms. The fourth-order valence-electron chi connectivity index (χ4n) is 1.93. The predicted octanol–water partition coefficient (Wildman–Crippen LogP) is 2.51. The van der Waals surface area contributed by atoms with Gasteiger partial charge < -0.3 is 9.84 Å². The van der Waals surface area contributed by atoms with Crippen LogP contribution in [0.5, 0.6) is 5.75 Å². The molecule has 0 radical (unpaired) electrons. The molecule has 1 aliphatic rings. The molecule has 0 amide bonds. The van der Waals surface area contributed by atoms with Crippen LogP contribution in [-0.2, 0) is 0 Å². The van der Waals surface area contributed by atoms with Crippen molar-refractivity contribution in [2.75, 3.05) is 0 Å². The molecule has 1 unspecified atom stereocenters. The minimum Gasteiger partial charge on any atom is -0.490 e. The summed E-state index contributed by atoms with van der Waals surface area (Å²) < 4.78 is 18.3. The van der Waals surface area contributed by atoms with Gasteiger partial charge in [-0.1, -0.05) is 0 Å². The third-order valence-electron chi connectivity index (χ3n) is 2.71. The maximum atomic E-state index is 12.6. The van der Waals surface area contributed by atoms with Crippen molar-refractivity contribution in [3.63, 3.8) is 0 Å². The fourth-order valence-corrected chi connectivity index (χ4v) is 1.93. The lowest BCUT2D eigenvalue weighted by Crippen LogP contribution is -2.28. The average Bonchev–Trinajstić information content (AvgIpc) is 2.22. The first-order valence-electron chi connectivity index (χ1n) is 5.34. The van der Waals surface area contributed by atoms with Crippen LogP contribution in [0, 0.1) is 5.82 Å². The van der Waals surface area contributed by atoms with E-state index in [2.05, 4.69) is 0 Å². The molecule has 1 aliphatic carbocycles. The van der Waals surface area contributed by atoms with Crippen LogP contribution in [0.25, 0.3) is 0 Å². The summed E-state index contributed by atoms with van der Waals surface area (Å²) in [5.41, 5.74) is 0. The number of ether oxygens (including phenoxy) is 1. The highest BCUT2D eigenvalue weighted by Crippen LogP contribution is 2.23. The molecule has 0 heterocycles. The third-order valence-corrected chi connectivity index (χ3v) is 2.71. The quantitative estimate of drug-likeness (QED) is 0.812. The Bertz CT molecular complexity index is 310. The largest absolute Gasteiger partial charge is 0.490 e. The highest BCUT2D eigenvalue weighted by atomic mass is 19.1. The SMILES string of the molecule is O[C@H]1CCCC(Oc2ccc(F)cc2)C1. The van der Waals surface area contributed by atoms with E-state index in [1.807, 2.05) is 0 Å². The first kappa shape index (κ1) is 10.4. The standard InChI is InChI=1S/C12H15FO2/c13-9-4-6-11(7-5-9)15-12-3-1-2-10(14)8-12/h4-7,10,12,14H,1-3,8H2/t10-,12?/m0/s1. The molecule has 1 fully saturated rings. The van der Waals surface area contributed by atoms with Crippen molar-refractivity contribution in [2.24, 2.45) is 0 Å². The number of hydrogen-bond acceptors (Lipinski definition) is 2. The van der Waals surface area contributed by atoms with Gasteiger partial charge >= 0.3 is 0 Å². The van der Waals surface area contributed by atoms with Gasteiger partial charge in [0.1, 0.15) is 17.7 Å². The Morgan fingerprint density at radius 2 is 1.93 bits per heavy atom. The Morgan fingerprint density at radius 1 is 1.20 bits per heavy atom. The minimum absolute atomic E-state index is 0.0687. The number of halogens is 1. The number of aliphatic hydroxyl groups excluding tert-OH is 1. The van der Waals surface area contributed by atoms with Gasteiger partial charge in [-0.15, -0.1) is 0 Å². The monoisotopic (exact) mass is 210 g/mol. The molecule has 1 saturated carbocycles. The molecule has 2 nitrogen and oxygen atoms in total. The molecule has 1 aromatic rings. The van der Waals surface area contributed by atoms with Crippen molar-refractivity contribution in [1.82, 2.24) is 0 Å². The van der Waals surface area contributed by atoms with E-state index in [0.717, 1.165) is 19.3 Å². The molecule has 15 heavy (non-hydrogen) atoms. The third kappa shape index (κ3) is 2.93. The summed E-state index contributed by atoms with van der Waals surface area (Å²) in [6.07, 6.45) is 3.32. The van der Waals surface area contributed by atoms with Crippen LogP contribution in [0.2, 0.25) is 0 Å². The van der Waals surface area contributed by atoms with Gasteiger partial charge in [-0.2, -0.15) is 0 Å². The van der Waals surface area contributed by atoms with Crippen LogP contribution in [-0.4, -0.2) is 17.3 Å². The van der Waals surface area contributed by atoms with E-state index in [1.54, 1.807) is 12.1 Å². The number of rotatable bonds is 2. The van der Waals surface area contributed by atoms with Gasteiger partial charge in [0.2, 0.25) is 0 Å². The average molecular weight is 210 g/mol. The van der Waals surface area contributed by atoms with Gasteiger partial charge in [-0.3, -0.25) is 0 Å². The molecular weight excluding hydrogens is 195 g/mol. The van der Waals surface area contributed by atoms with E-state index < -0.39 is 0 Å². The molecule has 0 bridgehead atoms. The van der Waals surface area contributed by atoms with Crippen LogP contribution in [0.1, 0.15) is 25.7 Å². The van der Waals surface area contributed by atoms with Crippen LogP contribution < -0.4 is 4.74 Å². The maximum absolute atomic E-state index is 12.6. The predicted molar refractivity (Wildman–Crippen MR) is 55.3 cm³/mol. The highest BCUT2D eigenvalue weighted by molar-refractivity contribution is 5.22. The summed E-state index contributed by atoms with van der Waals surface area (Å²) in [5, 5.41) is 9.46. The van der Waals surface area contributed by atoms with Crippen LogP contribution in [0.3, 0.4) is 0 Å². The van der Waals surface area contributed by atoms with Gasteiger partial charge in [0, 0.05) is 6.42 Å². The normalized spacial score (nSPS) is 26.3. The Morgan fingerprint density at radius 3 is 2.60 bits per heavy atom. The summed E-state index contributed by atoms with van der Waals surface area (Å²) in [4.78, 5) is 0. The van der Waals surface area contributed by atoms with Crippen LogP contribution in [0.4, 0.5) is 4.39 Å². The first-order valence-corrected chi connectivity index (χ1v) is 5.34. The number of hydrogen-bond donors (Lipinski definition) is 1. The summed E-state index contributed by atoms with van der Waals surface area (Å²) >= 11 is 0. The van der Waals surface area contributed by atoms with Gasteiger partial charge in [0.15, 0.2) is 0 Å². The Hall–Kier alpha value is -1.09. The molecule has 0 saturated heterocycles. The van der Waals surface area contributed by atoms with Crippen molar-refractivity contribution in [3.8, 4) is 5.75 Å².